The van der Waals surface area contributed by atoms with E-state index in [0.717, 1.165) is 80.6 Å². The minimum absolute atomic E-state index is 0.00951. The van der Waals surface area contributed by atoms with E-state index in [0.29, 0.717) is 0 Å². The highest BCUT2D eigenvalue weighted by Crippen LogP contribution is 2.28. The number of amides is 1. The van der Waals surface area contributed by atoms with E-state index in [1.165, 1.54) is 17.0 Å². The Balaban J connectivity index is 1.31. The second kappa shape index (κ2) is 11.2. The summed E-state index contributed by atoms with van der Waals surface area (Å²) in [5, 5.41) is 4.07. The van der Waals surface area contributed by atoms with Gasteiger partial charge in [0.1, 0.15) is 10.6 Å². The fourth-order valence-corrected chi connectivity index (χ4v) is 4.53. The van der Waals surface area contributed by atoms with Crippen LogP contribution in [0.5, 0.6) is 5.75 Å². The van der Waals surface area contributed by atoms with E-state index in [4.69, 9.17) is 4.74 Å². The molecule has 0 radical (unpaired) electrons. The number of carbonyl (C=O) groups excluding carboxylic acids is 1. The Labute approximate surface area is 177 Å². The summed E-state index contributed by atoms with van der Waals surface area (Å²) in [5.74, 6) is 0.953. The van der Waals surface area contributed by atoms with Crippen LogP contribution in [0.15, 0.2) is 30.5 Å². The van der Waals surface area contributed by atoms with Crippen LogP contribution in [-0.4, -0.2) is 62.2 Å². The van der Waals surface area contributed by atoms with Crippen molar-refractivity contribution in [3.63, 3.8) is 0 Å². The molecule has 0 bridgehead atoms. The van der Waals surface area contributed by atoms with Crippen LogP contribution in [0.4, 0.5) is 5.69 Å². The largest absolute Gasteiger partial charge is 0.495 e. The molecule has 3 rings (SSSR count). The van der Waals surface area contributed by atoms with Gasteiger partial charge >= 0.3 is 0 Å². The maximum absolute atomic E-state index is 12.2. The lowest BCUT2D eigenvalue weighted by Crippen LogP contribution is -2.46. The lowest BCUT2D eigenvalue weighted by atomic mass is 10.2. The molecule has 1 saturated heterocycles. The van der Waals surface area contributed by atoms with Crippen LogP contribution in [0.2, 0.25) is 0 Å². The van der Waals surface area contributed by atoms with Crippen LogP contribution in [-0.2, 0) is 6.42 Å². The third-order valence-electron chi connectivity index (χ3n) is 5.23. The summed E-state index contributed by atoms with van der Waals surface area (Å²) in [6, 6.07) is 8.23. The number of thiazole rings is 1. The molecular weight excluding hydrogens is 384 g/mol. The molecule has 2 aromatic rings. The number of para-hydroxylation sites is 2. The van der Waals surface area contributed by atoms with Crippen molar-refractivity contribution in [1.82, 2.24) is 15.2 Å². The van der Waals surface area contributed by atoms with Gasteiger partial charge < -0.3 is 15.0 Å². The average Bonchev–Trinajstić information content (AvgIpc) is 3.23. The first-order valence-corrected chi connectivity index (χ1v) is 11.4. The van der Waals surface area contributed by atoms with E-state index in [1.54, 1.807) is 13.3 Å². The minimum Gasteiger partial charge on any atom is -0.495 e. The van der Waals surface area contributed by atoms with Crippen molar-refractivity contribution in [3.8, 4) is 5.75 Å². The van der Waals surface area contributed by atoms with Crippen molar-refractivity contribution >= 4 is 22.9 Å². The number of methoxy groups -OCH3 is 1. The molecule has 158 valence electrons. The summed E-state index contributed by atoms with van der Waals surface area (Å²) in [4.78, 5) is 22.1. The quantitative estimate of drug-likeness (QED) is 0.602. The van der Waals surface area contributed by atoms with Gasteiger partial charge in [-0.25, -0.2) is 4.98 Å². The number of nitrogens with one attached hydrogen (secondary N) is 1. The van der Waals surface area contributed by atoms with Crippen LogP contribution in [0, 0.1) is 0 Å². The molecule has 2 heterocycles. The molecular formula is C22H32N4O2S. The smallest absolute Gasteiger partial charge is 0.263 e. The molecule has 0 aliphatic carbocycles. The Morgan fingerprint density at radius 3 is 2.76 bits per heavy atom. The Morgan fingerprint density at radius 1 is 1.21 bits per heavy atom. The molecule has 1 aliphatic rings. The molecule has 1 aromatic carbocycles. The summed E-state index contributed by atoms with van der Waals surface area (Å²) < 4.78 is 5.49. The summed E-state index contributed by atoms with van der Waals surface area (Å²) in [6.07, 6.45) is 5.80. The fourth-order valence-electron chi connectivity index (χ4n) is 3.60. The number of rotatable bonds is 10. The Hall–Kier alpha value is -2.12. The highest BCUT2D eigenvalue weighted by atomic mass is 32.1. The molecule has 1 N–H and O–H groups in total. The van der Waals surface area contributed by atoms with Crippen molar-refractivity contribution in [3.05, 3.63) is 40.3 Å². The zero-order valence-electron chi connectivity index (χ0n) is 17.5. The highest BCUT2D eigenvalue weighted by Gasteiger charge is 2.19. The van der Waals surface area contributed by atoms with Gasteiger partial charge in [0, 0.05) is 32.7 Å². The number of unbranched alkanes of at least 4 members (excludes halogenated alkanes) is 1. The molecule has 0 saturated carbocycles. The van der Waals surface area contributed by atoms with E-state index < -0.39 is 0 Å². The van der Waals surface area contributed by atoms with Crippen molar-refractivity contribution in [2.45, 2.75) is 32.6 Å². The van der Waals surface area contributed by atoms with Gasteiger partial charge in [0.2, 0.25) is 0 Å². The molecule has 0 spiro atoms. The summed E-state index contributed by atoms with van der Waals surface area (Å²) in [5.41, 5.74) is 1.18. The van der Waals surface area contributed by atoms with Crippen LogP contribution in [0.3, 0.4) is 0 Å². The molecule has 0 atom stereocenters. The van der Waals surface area contributed by atoms with E-state index >= 15 is 0 Å². The first-order chi connectivity index (χ1) is 14.2. The summed E-state index contributed by atoms with van der Waals surface area (Å²) in [7, 11) is 1.73. The summed E-state index contributed by atoms with van der Waals surface area (Å²) in [6.45, 7) is 8.08. The number of aromatic nitrogens is 1. The van der Waals surface area contributed by atoms with Gasteiger partial charge in [0.05, 0.1) is 24.0 Å². The van der Waals surface area contributed by atoms with Crippen molar-refractivity contribution in [1.29, 1.82) is 0 Å². The first kappa shape index (κ1) is 21.6. The molecule has 1 aliphatic heterocycles. The molecule has 29 heavy (non-hydrogen) atoms. The molecule has 1 fully saturated rings. The normalized spacial score (nSPS) is 14.8. The van der Waals surface area contributed by atoms with Gasteiger partial charge in [-0.2, -0.15) is 0 Å². The third-order valence-corrected chi connectivity index (χ3v) is 6.28. The topological polar surface area (TPSA) is 57.7 Å². The fraction of sp³-hybridized carbons (Fsp3) is 0.545. The number of benzene rings is 1. The molecule has 1 amide bonds. The van der Waals surface area contributed by atoms with Crippen LogP contribution in [0.25, 0.3) is 0 Å². The lowest BCUT2D eigenvalue weighted by Gasteiger charge is -2.36. The van der Waals surface area contributed by atoms with E-state index in [-0.39, 0.29) is 5.91 Å². The second-order valence-corrected chi connectivity index (χ2v) is 8.45. The van der Waals surface area contributed by atoms with Gasteiger partial charge in [0.25, 0.3) is 5.91 Å². The maximum Gasteiger partial charge on any atom is 0.263 e. The highest BCUT2D eigenvalue weighted by molar-refractivity contribution is 7.13. The number of anilines is 1. The second-order valence-electron chi connectivity index (χ2n) is 7.33. The maximum atomic E-state index is 12.2. The third kappa shape index (κ3) is 6.18. The number of carbonyl (C=O) groups is 1. The number of hydrogen-bond donors (Lipinski definition) is 1. The zero-order chi connectivity index (χ0) is 20.5. The zero-order valence-corrected chi connectivity index (χ0v) is 18.3. The molecule has 7 heteroatoms. The number of piperazine rings is 1. The van der Waals surface area contributed by atoms with Gasteiger partial charge in [0.15, 0.2) is 0 Å². The van der Waals surface area contributed by atoms with Crippen molar-refractivity contribution < 1.29 is 9.53 Å². The van der Waals surface area contributed by atoms with Crippen LogP contribution >= 0.6 is 11.3 Å². The van der Waals surface area contributed by atoms with Gasteiger partial charge in [-0.1, -0.05) is 19.1 Å². The molecule has 0 unspecified atom stereocenters. The van der Waals surface area contributed by atoms with E-state index in [1.807, 2.05) is 12.1 Å². The Morgan fingerprint density at radius 2 is 2.00 bits per heavy atom. The van der Waals surface area contributed by atoms with Crippen LogP contribution < -0.4 is 15.0 Å². The number of aryl methyl sites for hydroxylation is 1. The van der Waals surface area contributed by atoms with E-state index in [9.17, 15) is 4.79 Å². The standard InChI is InChI=1S/C22H32N4O2S/c1-3-8-21-24-17-20(29-21)22(27)23-11-6-7-12-25-13-15-26(16-14-25)18-9-4-5-10-19(18)28-2/h4-5,9-10,17H,3,6-8,11-16H2,1-2H3,(H,23,27). The van der Waals surface area contributed by atoms with Gasteiger partial charge in [-0.05, 0) is 44.4 Å². The Bertz CT molecular complexity index is 772. The Kier molecular flexibility index (Phi) is 8.31. The molecule has 1 aromatic heterocycles. The number of nitrogens with zero attached hydrogens (tertiary/aromatic N) is 3. The predicted octanol–water partition coefficient (Wildman–Crippen LogP) is 3.44. The monoisotopic (exact) mass is 416 g/mol. The van der Waals surface area contributed by atoms with Gasteiger partial charge in [-0.15, -0.1) is 11.3 Å². The number of hydrogen-bond acceptors (Lipinski definition) is 6. The summed E-state index contributed by atoms with van der Waals surface area (Å²) >= 11 is 1.51. The van der Waals surface area contributed by atoms with Crippen molar-refractivity contribution in [2.24, 2.45) is 0 Å². The first-order valence-electron chi connectivity index (χ1n) is 10.5. The van der Waals surface area contributed by atoms with Crippen LogP contribution in [0.1, 0.15) is 40.9 Å². The lowest BCUT2D eigenvalue weighted by molar-refractivity contribution is 0.0956. The van der Waals surface area contributed by atoms with Gasteiger partial charge in [-0.3, -0.25) is 9.69 Å². The average molecular weight is 417 g/mol. The predicted molar refractivity (Wildman–Crippen MR) is 119 cm³/mol. The van der Waals surface area contributed by atoms with Crippen molar-refractivity contribution in [2.75, 3.05) is 51.3 Å². The van der Waals surface area contributed by atoms with E-state index in [2.05, 4.69) is 39.2 Å². The number of ether oxygens (including phenoxy) is 1. The molecule has 6 nitrogen and oxygen atoms in total. The minimum atomic E-state index is 0.00951. The SMILES string of the molecule is CCCc1ncc(C(=O)NCCCCN2CCN(c3ccccc3OC)CC2)s1.